The van der Waals surface area contributed by atoms with Gasteiger partial charge < -0.3 is 9.84 Å². The fourth-order valence-corrected chi connectivity index (χ4v) is 7.14. The highest BCUT2D eigenvalue weighted by Gasteiger charge is 2.64. The molecule has 4 aliphatic carbocycles. The van der Waals surface area contributed by atoms with Crippen LogP contribution in [0.2, 0.25) is 0 Å². The van der Waals surface area contributed by atoms with E-state index in [1.54, 1.807) is 7.11 Å². The Balaban J connectivity index is 1.64. The van der Waals surface area contributed by atoms with Gasteiger partial charge in [-0.3, -0.25) is 4.79 Å². The number of benzene rings is 1. The molecule has 1 aromatic rings. The Kier molecular flexibility index (Phi) is 4.76. The third-order valence-corrected chi connectivity index (χ3v) is 8.44. The Bertz CT molecular complexity index is 966. The van der Waals surface area contributed by atoms with E-state index in [4.69, 9.17) is 11.2 Å². The Labute approximate surface area is 179 Å². The van der Waals surface area contributed by atoms with Crippen LogP contribution in [0.15, 0.2) is 53.1 Å². The number of methoxy groups -OCH3 is 1. The molecule has 30 heavy (non-hydrogen) atoms. The van der Waals surface area contributed by atoms with Crippen LogP contribution < -0.4 is 0 Å². The first kappa shape index (κ1) is 19.8. The van der Waals surface area contributed by atoms with Crippen LogP contribution in [0.5, 0.6) is 0 Å². The zero-order valence-electron chi connectivity index (χ0n) is 17.7. The number of terminal acetylenes is 1. The summed E-state index contributed by atoms with van der Waals surface area (Å²) in [7, 11) is 1.78. The zero-order valence-corrected chi connectivity index (χ0v) is 17.7. The molecule has 0 radical (unpaired) electrons. The lowest BCUT2D eigenvalue weighted by Crippen LogP contribution is -2.56. The minimum atomic E-state index is -1.11. The fraction of sp³-hybridized carbons (Fsp3) is 0.519. The van der Waals surface area contributed by atoms with Crippen molar-refractivity contribution in [3.63, 3.8) is 0 Å². The second-order valence-electron chi connectivity index (χ2n) is 9.61. The summed E-state index contributed by atoms with van der Waals surface area (Å²) in [6, 6.07) is 10.4. The summed E-state index contributed by atoms with van der Waals surface area (Å²) in [5.41, 5.74) is 3.72. The zero-order chi connectivity index (χ0) is 20.9. The minimum absolute atomic E-state index is 0.0557. The molecule has 3 nitrogen and oxygen atoms in total. The minimum Gasteiger partial charge on any atom is -0.377 e. The molecule has 0 spiro atoms. The van der Waals surface area contributed by atoms with Crippen molar-refractivity contribution < 1.29 is 14.6 Å². The van der Waals surface area contributed by atoms with Gasteiger partial charge in [0.1, 0.15) is 5.60 Å². The van der Waals surface area contributed by atoms with E-state index < -0.39 is 5.60 Å². The molecule has 4 aliphatic rings. The van der Waals surface area contributed by atoms with E-state index in [0.29, 0.717) is 24.7 Å². The molecule has 0 aromatic heterocycles. The van der Waals surface area contributed by atoms with Crippen molar-refractivity contribution in [3.05, 3.63) is 58.7 Å². The van der Waals surface area contributed by atoms with Gasteiger partial charge in [-0.1, -0.05) is 36.3 Å². The summed E-state index contributed by atoms with van der Waals surface area (Å²) in [5, 5.41) is 11.7. The lowest BCUT2D eigenvalue weighted by Gasteiger charge is -2.54. The lowest BCUT2D eigenvalue weighted by atomic mass is 9.52. The van der Waals surface area contributed by atoms with Gasteiger partial charge >= 0.3 is 0 Å². The predicted octanol–water partition coefficient (Wildman–Crippen LogP) is 4.40. The summed E-state index contributed by atoms with van der Waals surface area (Å²) in [6.07, 6.45) is 14.3. The van der Waals surface area contributed by atoms with Crippen LogP contribution in [0, 0.1) is 29.6 Å². The third-order valence-electron chi connectivity index (χ3n) is 8.44. The van der Waals surface area contributed by atoms with Crippen LogP contribution in [0.4, 0.5) is 0 Å². The first-order chi connectivity index (χ1) is 14.5. The van der Waals surface area contributed by atoms with Crippen molar-refractivity contribution in [2.45, 2.75) is 63.1 Å². The van der Waals surface area contributed by atoms with E-state index in [0.717, 1.165) is 38.5 Å². The summed E-state index contributed by atoms with van der Waals surface area (Å²) in [5.74, 6) is 3.79. The Hall–Kier alpha value is -2.15. The molecule has 5 rings (SSSR count). The van der Waals surface area contributed by atoms with Crippen LogP contribution in [-0.4, -0.2) is 29.7 Å². The monoisotopic (exact) mass is 402 g/mol. The van der Waals surface area contributed by atoms with E-state index in [1.165, 1.54) is 22.3 Å². The highest BCUT2D eigenvalue weighted by atomic mass is 16.5. The molecule has 0 aliphatic heterocycles. The Morgan fingerprint density at radius 1 is 1.20 bits per heavy atom. The molecule has 1 aromatic carbocycles. The van der Waals surface area contributed by atoms with Crippen LogP contribution in [-0.2, 0) is 16.0 Å². The van der Waals surface area contributed by atoms with E-state index in [-0.39, 0.29) is 17.3 Å². The van der Waals surface area contributed by atoms with Gasteiger partial charge in [-0.25, -0.2) is 0 Å². The fourth-order valence-electron chi connectivity index (χ4n) is 7.14. The second kappa shape index (κ2) is 7.22. The Morgan fingerprint density at radius 2 is 2.00 bits per heavy atom. The lowest BCUT2D eigenvalue weighted by molar-refractivity contribution is -0.114. The molecule has 1 N–H and O–H groups in total. The summed E-state index contributed by atoms with van der Waals surface area (Å²) in [6.45, 7) is 0. The summed E-state index contributed by atoms with van der Waals surface area (Å²) >= 11 is 0. The maximum Gasteiger partial charge on any atom is 0.156 e. The number of carbonyl (C=O) groups excluding carboxylic acids is 1. The SMILES string of the molecule is C#C[C@]1(O)CC[C@H]2[C@@H]3CCC4=CC(=O)CCC4=C3[C@@H](OC)C[C@@]21Cc1ccccc1. The molecule has 0 unspecified atom stereocenters. The number of fused-ring (bicyclic) bond motifs is 4. The van der Waals surface area contributed by atoms with Gasteiger partial charge in [0.15, 0.2) is 5.78 Å². The van der Waals surface area contributed by atoms with Gasteiger partial charge in [-0.05, 0) is 85.1 Å². The summed E-state index contributed by atoms with van der Waals surface area (Å²) < 4.78 is 6.10. The van der Waals surface area contributed by atoms with E-state index in [1.807, 2.05) is 12.1 Å². The molecular weight excluding hydrogens is 372 g/mol. The number of hydrogen-bond acceptors (Lipinski definition) is 3. The topological polar surface area (TPSA) is 46.5 Å². The van der Waals surface area contributed by atoms with Crippen molar-refractivity contribution in [2.75, 3.05) is 7.11 Å². The van der Waals surface area contributed by atoms with Crippen LogP contribution in [0.3, 0.4) is 0 Å². The van der Waals surface area contributed by atoms with Gasteiger partial charge in [-0.15, -0.1) is 6.42 Å². The maximum atomic E-state index is 12.0. The number of ketones is 1. The average Bonchev–Trinajstić information content (AvgIpc) is 3.06. The molecule has 0 amide bonds. The van der Waals surface area contributed by atoms with Gasteiger partial charge in [0.2, 0.25) is 0 Å². The van der Waals surface area contributed by atoms with Crippen molar-refractivity contribution in [1.29, 1.82) is 0 Å². The van der Waals surface area contributed by atoms with Crippen molar-refractivity contribution in [1.82, 2.24) is 0 Å². The predicted molar refractivity (Wildman–Crippen MR) is 117 cm³/mol. The molecule has 0 saturated heterocycles. The van der Waals surface area contributed by atoms with Crippen molar-refractivity contribution in [2.24, 2.45) is 17.3 Å². The van der Waals surface area contributed by atoms with Gasteiger partial charge in [0.05, 0.1) is 6.10 Å². The first-order valence-corrected chi connectivity index (χ1v) is 11.2. The van der Waals surface area contributed by atoms with Crippen molar-refractivity contribution in [3.8, 4) is 12.3 Å². The van der Waals surface area contributed by atoms with Crippen LogP contribution in [0.1, 0.15) is 50.5 Å². The molecular formula is C27H30O3. The Morgan fingerprint density at radius 3 is 2.73 bits per heavy atom. The van der Waals surface area contributed by atoms with E-state index in [2.05, 4.69) is 30.2 Å². The standard InChI is InChI=1S/C27H30O3/c1-3-27(29)14-13-23-22-11-9-19-15-20(28)10-12-21(19)25(22)24(30-2)17-26(23,27)16-18-7-5-4-6-8-18/h1,4-8,15,22-24,29H,9-14,16-17H2,2H3/t22-,23-,24-,26-,27-/m0/s1. The number of allylic oxidation sites excluding steroid dienone is 3. The molecule has 0 heterocycles. The number of aliphatic hydroxyl groups is 1. The molecule has 5 atom stereocenters. The number of carbonyl (C=O) groups is 1. The quantitative estimate of drug-likeness (QED) is 0.762. The van der Waals surface area contributed by atoms with Crippen LogP contribution in [0.25, 0.3) is 0 Å². The average molecular weight is 403 g/mol. The number of ether oxygens (including phenoxy) is 1. The van der Waals surface area contributed by atoms with E-state index >= 15 is 0 Å². The van der Waals surface area contributed by atoms with E-state index in [9.17, 15) is 9.90 Å². The summed E-state index contributed by atoms with van der Waals surface area (Å²) in [4.78, 5) is 12.0. The highest BCUT2D eigenvalue weighted by molar-refractivity contribution is 5.93. The van der Waals surface area contributed by atoms with Crippen molar-refractivity contribution >= 4 is 5.78 Å². The molecule has 3 heteroatoms. The molecule has 0 bridgehead atoms. The van der Waals surface area contributed by atoms with Gasteiger partial charge in [-0.2, -0.15) is 0 Å². The van der Waals surface area contributed by atoms with Crippen LogP contribution >= 0.6 is 0 Å². The highest BCUT2D eigenvalue weighted by Crippen LogP contribution is 2.65. The number of hydrogen-bond donors (Lipinski definition) is 1. The second-order valence-corrected chi connectivity index (χ2v) is 9.61. The van der Waals surface area contributed by atoms with Gasteiger partial charge in [0.25, 0.3) is 0 Å². The normalized spacial score (nSPS) is 37.7. The molecule has 2 saturated carbocycles. The third kappa shape index (κ3) is 2.77. The van der Waals surface area contributed by atoms with Gasteiger partial charge in [0, 0.05) is 18.9 Å². The molecule has 2 fully saturated rings. The number of rotatable bonds is 3. The first-order valence-electron chi connectivity index (χ1n) is 11.2. The maximum absolute atomic E-state index is 12.0. The largest absolute Gasteiger partial charge is 0.377 e. The molecule has 156 valence electrons. The smallest absolute Gasteiger partial charge is 0.156 e.